The summed E-state index contributed by atoms with van der Waals surface area (Å²) < 4.78 is 6.07. The second-order valence-corrected chi connectivity index (χ2v) is 16.6. The van der Waals surface area contributed by atoms with Crippen LogP contribution >= 0.6 is 0 Å². The van der Waals surface area contributed by atoms with Gasteiger partial charge >= 0.3 is 5.97 Å². The first kappa shape index (κ1) is 16.9. The van der Waals surface area contributed by atoms with Gasteiger partial charge in [0, 0.05) is 0 Å². The summed E-state index contributed by atoms with van der Waals surface area (Å²) >= 11 is 0. The first-order chi connectivity index (χ1) is 7.38. The minimum absolute atomic E-state index is 0.205. The first-order valence-electron chi connectivity index (χ1n) is 6.29. The molecule has 0 aromatic heterocycles. The molecule has 0 rings (SSSR count). The zero-order chi connectivity index (χ0) is 14.1. The van der Waals surface area contributed by atoms with Gasteiger partial charge in [0.15, 0.2) is 8.32 Å². The van der Waals surface area contributed by atoms with Crippen LogP contribution in [0.4, 0.5) is 0 Å². The SMILES string of the molecule is CCC(C(=O)O)(C(C)O[Si](C)(C)C)[Si](C)(C)C. The molecule has 0 amide bonds. The van der Waals surface area contributed by atoms with Gasteiger partial charge in [-0.25, -0.2) is 0 Å². The van der Waals surface area contributed by atoms with E-state index in [-0.39, 0.29) is 6.10 Å². The third-order valence-corrected chi connectivity index (χ3v) is 8.21. The summed E-state index contributed by atoms with van der Waals surface area (Å²) in [6, 6.07) is 0. The average molecular weight is 277 g/mol. The summed E-state index contributed by atoms with van der Waals surface area (Å²) in [5.41, 5.74) is 0. The summed E-state index contributed by atoms with van der Waals surface area (Å²) in [6.07, 6.45) is 0.437. The van der Waals surface area contributed by atoms with Gasteiger partial charge in [-0.2, -0.15) is 0 Å². The number of rotatable bonds is 6. The fourth-order valence-electron chi connectivity index (χ4n) is 2.70. The number of aliphatic carboxylic acids is 1. The van der Waals surface area contributed by atoms with Gasteiger partial charge in [0.1, 0.15) is 0 Å². The molecular weight excluding hydrogens is 248 g/mol. The van der Waals surface area contributed by atoms with Crippen molar-refractivity contribution >= 4 is 22.4 Å². The standard InChI is InChI=1S/C12H28O3Si2/c1-9-12(11(13)14,16(3,4)5)10(2)15-17(6,7)8/h10H,9H2,1-8H3,(H,13,14). The van der Waals surface area contributed by atoms with Crippen molar-refractivity contribution in [1.82, 2.24) is 0 Å². The molecule has 0 bridgehead atoms. The molecule has 0 aliphatic rings. The number of carboxylic acid groups (broad SMARTS) is 1. The lowest BCUT2D eigenvalue weighted by Crippen LogP contribution is -2.54. The van der Waals surface area contributed by atoms with Gasteiger partial charge in [-0.05, 0) is 33.0 Å². The fourth-order valence-corrected chi connectivity index (χ4v) is 7.06. The van der Waals surface area contributed by atoms with Crippen LogP contribution in [0.15, 0.2) is 0 Å². The Kier molecular flexibility index (Phi) is 5.20. The smallest absolute Gasteiger partial charge is 0.309 e. The van der Waals surface area contributed by atoms with E-state index in [1.54, 1.807) is 0 Å². The van der Waals surface area contributed by atoms with Crippen molar-refractivity contribution in [3.63, 3.8) is 0 Å². The van der Waals surface area contributed by atoms with Crippen molar-refractivity contribution in [2.45, 2.75) is 70.7 Å². The second-order valence-electron chi connectivity index (χ2n) is 6.75. The van der Waals surface area contributed by atoms with Crippen molar-refractivity contribution in [3.8, 4) is 0 Å². The predicted octanol–water partition coefficient (Wildman–Crippen LogP) is 3.80. The molecule has 0 saturated carbocycles. The highest BCUT2D eigenvalue weighted by Crippen LogP contribution is 2.47. The Labute approximate surface area is 108 Å². The third-order valence-electron chi connectivity index (χ3n) is 3.50. The topological polar surface area (TPSA) is 46.5 Å². The molecule has 0 heterocycles. The van der Waals surface area contributed by atoms with Gasteiger partial charge in [0.05, 0.1) is 19.2 Å². The predicted molar refractivity (Wildman–Crippen MR) is 77.9 cm³/mol. The van der Waals surface area contributed by atoms with Crippen molar-refractivity contribution < 1.29 is 14.3 Å². The summed E-state index contributed by atoms with van der Waals surface area (Å²) in [4.78, 5) is 11.8. The van der Waals surface area contributed by atoms with Crippen LogP contribution < -0.4 is 0 Å². The minimum atomic E-state index is -1.87. The van der Waals surface area contributed by atoms with Gasteiger partial charge in [-0.15, -0.1) is 0 Å². The van der Waals surface area contributed by atoms with Gasteiger partial charge in [0.2, 0.25) is 0 Å². The highest BCUT2D eigenvalue weighted by molar-refractivity contribution is 6.82. The molecule has 3 nitrogen and oxygen atoms in total. The molecule has 102 valence electrons. The van der Waals surface area contributed by atoms with E-state index in [2.05, 4.69) is 39.3 Å². The van der Waals surface area contributed by atoms with E-state index in [1.807, 2.05) is 13.8 Å². The molecule has 0 aromatic carbocycles. The Morgan fingerprint density at radius 1 is 1.24 bits per heavy atom. The zero-order valence-electron chi connectivity index (χ0n) is 12.5. The average Bonchev–Trinajstić information content (AvgIpc) is 1.97. The van der Waals surface area contributed by atoms with Gasteiger partial charge in [0.25, 0.3) is 0 Å². The van der Waals surface area contributed by atoms with E-state index >= 15 is 0 Å². The molecule has 5 heteroatoms. The minimum Gasteiger partial charge on any atom is -0.481 e. The van der Waals surface area contributed by atoms with Gasteiger partial charge in [-0.1, -0.05) is 26.6 Å². The summed E-state index contributed by atoms with van der Waals surface area (Å²) in [5.74, 6) is -0.690. The molecule has 0 aliphatic carbocycles. The monoisotopic (exact) mass is 276 g/mol. The first-order valence-corrected chi connectivity index (χ1v) is 13.2. The maximum Gasteiger partial charge on any atom is 0.309 e. The fraction of sp³-hybridized carbons (Fsp3) is 0.917. The van der Waals surface area contributed by atoms with Crippen molar-refractivity contribution in [3.05, 3.63) is 0 Å². The van der Waals surface area contributed by atoms with Crippen LogP contribution in [0.5, 0.6) is 0 Å². The Morgan fingerprint density at radius 3 is 1.82 bits per heavy atom. The number of hydrogen-bond acceptors (Lipinski definition) is 2. The van der Waals surface area contributed by atoms with Crippen LogP contribution in [0.25, 0.3) is 0 Å². The molecule has 0 radical (unpaired) electrons. The lowest BCUT2D eigenvalue weighted by atomic mass is 9.99. The van der Waals surface area contributed by atoms with Gasteiger partial charge < -0.3 is 9.53 Å². The van der Waals surface area contributed by atoms with Gasteiger partial charge in [-0.3, -0.25) is 4.79 Å². The van der Waals surface area contributed by atoms with E-state index in [9.17, 15) is 9.90 Å². The lowest BCUT2D eigenvalue weighted by Gasteiger charge is -2.45. The maximum absolute atomic E-state index is 11.8. The van der Waals surface area contributed by atoms with E-state index < -0.39 is 27.4 Å². The highest BCUT2D eigenvalue weighted by Gasteiger charge is 2.53. The second kappa shape index (κ2) is 5.24. The van der Waals surface area contributed by atoms with Crippen LogP contribution in [0, 0.1) is 0 Å². The largest absolute Gasteiger partial charge is 0.481 e. The third kappa shape index (κ3) is 3.66. The van der Waals surface area contributed by atoms with E-state index in [4.69, 9.17) is 4.43 Å². The summed E-state index contributed by atoms with van der Waals surface area (Å²) in [6.45, 7) is 16.6. The molecule has 0 fully saturated rings. The molecule has 0 spiro atoms. The van der Waals surface area contributed by atoms with Crippen molar-refractivity contribution in [2.24, 2.45) is 0 Å². The molecule has 0 aromatic rings. The van der Waals surface area contributed by atoms with Crippen molar-refractivity contribution in [1.29, 1.82) is 0 Å². The zero-order valence-corrected chi connectivity index (χ0v) is 14.5. The van der Waals surface area contributed by atoms with E-state index in [1.165, 1.54) is 0 Å². The maximum atomic E-state index is 11.8. The van der Waals surface area contributed by atoms with Crippen LogP contribution in [0.1, 0.15) is 20.3 Å². The Balaban J connectivity index is 5.41. The molecular formula is C12H28O3Si2. The Bertz CT molecular complexity index is 278. The van der Waals surface area contributed by atoms with Crippen molar-refractivity contribution in [2.75, 3.05) is 0 Å². The summed E-state index contributed by atoms with van der Waals surface area (Å²) in [7, 11) is -3.58. The number of carboxylic acids is 1. The Morgan fingerprint density at radius 2 is 1.65 bits per heavy atom. The quantitative estimate of drug-likeness (QED) is 0.751. The van der Waals surface area contributed by atoms with Crippen LogP contribution in [0.3, 0.4) is 0 Å². The van der Waals surface area contributed by atoms with E-state index in [0.29, 0.717) is 6.42 Å². The molecule has 2 unspecified atom stereocenters. The molecule has 0 saturated heterocycles. The number of carbonyl (C=O) groups is 1. The highest BCUT2D eigenvalue weighted by atomic mass is 28.4. The lowest BCUT2D eigenvalue weighted by molar-refractivity contribution is -0.144. The Hall–Kier alpha value is -0.136. The van der Waals surface area contributed by atoms with Crippen LogP contribution in [0.2, 0.25) is 44.3 Å². The molecule has 1 N–H and O–H groups in total. The normalized spacial score (nSPS) is 18.6. The van der Waals surface area contributed by atoms with Crippen LogP contribution in [-0.4, -0.2) is 33.6 Å². The van der Waals surface area contributed by atoms with E-state index in [0.717, 1.165) is 0 Å². The summed E-state index contributed by atoms with van der Waals surface area (Å²) in [5, 5.41) is 9.01. The molecule has 17 heavy (non-hydrogen) atoms. The number of hydrogen-bond donors (Lipinski definition) is 1. The molecule has 2 atom stereocenters. The molecule has 0 aliphatic heterocycles. The van der Waals surface area contributed by atoms with Crippen LogP contribution in [-0.2, 0) is 9.22 Å².